The zero-order valence-electron chi connectivity index (χ0n) is 37.2. The number of imidazole rings is 1. The van der Waals surface area contributed by atoms with E-state index in [0.717, 1.165) is 54.7 Å². The minimum atomic E-state index is -5.92. The van der Waals surface area contributed by atoms with Crippen LogP contribution in [0.4, 0.5) is 5.82 Å². The number of ether oxygens (including phenoxy) is 1. The fourth-order valence-corrected chi connectivity index (χ4v) is 9.30. The van der Waals surface area contributed by atoms with Crippen molar-refractivity contribution < 1.29 is 80.5 Å². The molecule has 2 unspecified atom stereocenters. The summed E-state index contributed by atoms with van der Waals surface area (Å²) < 4.78 is 60.8. The minimum absolute atomic E-state index is 0.0223. The number of amides is 2. The fraction of sp³-hybridized carbons (Fsp3) is 0.590. The number of nitrogens with zero attached hydrogens (tertiary/aromatic N) is 4. The quantitative estimate of drug-likeness (QED) is 0.0309. The van der Waals surface area contributed by atoms with Crippen LogP contribution in [0.3, 0.4) is 0 Å². The first-order valence-corrected chi connectivity index (χ1v) is 26.5. The fourth-order valence-electron chi connectivity index (χ4n) is 5.97. The Hall–Kier alpha value is -3.48. The number of nitrogens with one attached hydrogen (secondary N) is 2. The molecule has 0 aliphatic carbocycles. The number of phosphoric ester groups is 3. The van der Waals surface area contributed by atoms with Crippen molar-refractivity contribution >= 4 is 69.1 Å². The number of aliphatic hydroxyl groups excluding tert-OH is 2. The molecule has 1 aliphatic rings. The van der Waals surface area contributed by atoms with Crippen LogP contribution in [0.2, 0.25) is 0 Å². The minimum Gasteiger partial charge on any atom is -0.790 e. The van der Waals surface area contributed by atoms with E-state index in [-0.39, 0.29) is 41.6 Å². The highest BCUT2D eigenvalue weighted by atomic mass is 32.2. The van der Waals surface area contributed by atoms with E-state index >= 15 is 0 Å². The highest BCUT2D eigenvalue weighted by molar-refractivity contribution is 8.14. The Morgan fingerprint density at radius 2 is 1.60 bits per heavy atom. The van der Waals surface area contributed by atoms with Crippen LogP contribution in [0.5, 0.6) is 0 Å². The van der Waals surface area contributed by atoms with Crippen molar-refractivity contribution in [2.45, 2.75) is 109 Å². The van der Waals surface area contributed by atoms with Crippen LogP contribution < -0.4 is 35.9 Å². The molecule has 1 saturated heterocycles. The molecular formula is C39H58N7O17P3S-4. The van der Waals surface area contributed by atoms with Gasteiger partial charge >= 0.3 is 0 Å². The van der Waals surface area contributed by atoms with Gasteiger partial charge in [0, 0.05) is 30.7 Å². The van der Waals surface area contributed by atoms with E-state index in [4.69, 9.17) is 10.5 Å². The van der Waals surface area contributed by atoms with E-state index < -0.39 is 84.6 Å². The number of unbranched alkanes of at least 4 members (excludes halogenated alkanes) is 4. The molecule has 0 bridgehead atoms. The van der Waals surface area contributed by atoms with Gasteiger partial charge in [0.2, 0.25) is 16.9 Å². The number of hydrogen-bond donors (Lipinski definition) is 5. The molecule has 0 aromatic carbocycles. The maximum Gasteiger partial charge on any atom is 0.274 e. The molecule has 2 aromatic rings. The highest BCUT2D eigenvalue weighted by Crippen LogP contribution is 2.56. The summed E-state index contributed by atoms with van der Waals surface area (Å²) in [5.41, 5.74) is 4.07. The lowest BCUT2D eigenvalue weighted by Gasteiger charge is -2.36. The van der Waals surface area contributed by atoms with Crippen molar-refractivity contribution in [1.29, 1.82) is 0 Å². The van der Waals surface area contributed by atoms with Crippen molar-refractivity contribution in [3.63, 3.8) is 0 Å². The second-order valence-corrected chi connectivity index (χ2v) is 20.7. The van der Waals surface area contributed by atoms with Crippen molar-refractivity contribution in [2.75, 3.05) is 37.8 Å². The maximum atomic E-state index is 12.6. The number of allylic oxidation sites excluding steroid dienone is 7. The van der Waals surface area contributed by atoms with Crippen LogP contribution in [0.15, 0.2) is 61.3 Å². The summed E-state index contributed by atoms with van der Waals surface area (Å²) in [6.07, 6.45) is 16.6. The lowest BCUT2D eigenvalue weighted by molar-refractivity contribution is -0.347. The smallest absolute Gasteiger partial charge is 0.274 e. The van der Waals surface area contributed by atoms with Gasteiger partial charge < -0.3 is 69.0 Å². The SMILES string of the molecule is CCCCC/C=C\C/C=C\C/C=C\CC/C=C/C(=O)SCCNC(=O)CCNC(=O)[C@H](O)C(C)(C)COP(=O)([O-])OP(=O)([O-])OC[C@H]1O[C@@H](n2cnc3c(N)ncnc32)[C@H](O)[C@@H]1OP(=O)([O-])[O-]. The van der Waals surface area contributed by atoms with E-state index in [0.29, 0.717) is 12.2 Å². The monoisotopic (exact) mass is 1020 g/mol. The number of carbonyl (C=O) groups excluding carboxylic acids is 3. The zero-order chi connectivity index (χ0) is 49.7. The number of fused-ring (bicyclic) bond motifs is 1. The van der Waals surface area contributed by atoms with Gasteiger partial charge in [0.05, 0.1) is 27.4 Å². The molecule has 376 valence electrons. The molecule has 1 aliphatic heterocycles. The second kappa shape index (κ2) is 28.3. The summed E-state index contributed by atoms with van der Waals surface area (Å²) in [7, 11) is -17.6. The van der Waals surface area contributed by atoms with Gasteiger partial charge in [0.15, 0.2) is 17.7 Å². The molecule has 6 N–H and O–H groups in total. The van der Waals surface area contributed by atoms with E-state index in [1.165, 1.54) is 39.2 Å². The average Bonchev–Trinajstić information content (AvgIpc) is 3.81. The largest absolute Gasteiger partial charge is 0.790 e. The Bertz CT molecular complexity index is 2190. The van der Waals surface area contributed by atoms with E-state index in [9.17, 15) is 57.9 Å². The Morgan fingerprint density at radius 3 is 2.28 bits per heavy atom. The van der Waals surface area contributed by atoms with Gasteiger partial charge in [-0.25, -0.2) is 19.3 Å². The summed E-state index contributed by atoms with van der Waals surface area (Å²) >= 11 is 1.03. The molecule has 2 amide bonds. The number of aliphatic hydroxyl groups is 2. The number of nitrogen functional groups attached to an aromatic ring is 1. The second-order valence-electron chi connectivity index (χ2n) is 15.5. The molecule has 1 fully saturated rings. The van der Waals surface area contributed by atoms with Crippen LogP contribution in [-0.4, -0.2) is 103 Å². The summed E-state index contributed by atoms with van der Waals surface area (Å²) in [6, 6.07) is 0. The van der Waals surface area contributed by atoms with Gasteiger partial charge in [-0.1, -0.05) is 87.9 Å². The van der Waals surface area contributed by atoms with Crippen LogP contribution in [-0.2, 0) is 50.7 Å². The number of aromatic nitrogens is 4. The molecule has 7 atom stereocenters. The summed E-state index contributed by atoms with van der Waals surface area (Å²) in [4.78, 5) is 96.6. The molecule has 3 rings (SSSR count). The first-order chi connectivity index (χ1) is 31.6. The zero-order valence-corrected chi connectivity index (χ0v) is 40.7. The Kier molecular flexibility index (Phi) is 24.4. The van der Waals surface area contributed by atoms with Crippen molar-refractivity contribution in [2.24, 2.45) is 5.41 Å². The third kappa shape index (κ3) is 21.4. The van der Waals surface area contributed by atoms with E-state index in [1.54, 1.807) is 6.08 Å². The molecular weight excluding hydrogens is 963 g/mol. The van der Waals surface area contributed by atoms with Crippen molar-refractivity contribution in [3.8, 4) is 0 Å². The lowest BCUT2D eigenvalue weighted by atomic mass is 9.87. The first-order valence-electron chi connectivity index (χ1n) is 21.2. The summed E-state index contributed by atoms with van der Waals surface area (Å²) in [5, 5.41) is 26.2. The van der Waals surface area contributed by atoms with Gasteiger partial charge in [-0.05, 0) is 44.6 Å². The number of nitrogens with two attached hydrogens (primary N) is 1. The van der Waals surface area contributed by atoms with Gasteiger partial charge in [-0.15, -0.1) is 0 Å². The molecule has 0 saturated carbocycles. The molecule has 2 aromatic heterocycles. The van der Waals surface area contributed by atoms with Gasteiger partial charge in [-0.3, -0.25) is 28.1 Å². The predicted molar refractivity (Wildman–Crippen MR) is 237 cm³/mol. The summed E-state index contributed by atoms with van der Waals surface area (Å²) in [6.45, 7) is 2.26. The number of thioether (sulfide) groups is 1. The average molecular weight is 1020 g/mol. The van der Waals surface area contributed by atoms with Crippen LogP contribution in [0, 0.1) is 5.41 Å². The topological polar surface area (TPSA) is 375 Å². The molecule has 3 heterocycles. The highest BCUT2D eigenvalue weighted by Gasteiger charge is 2.47. The Labute approximate surface area is 392 Å². The molecule has 28 heteroatoms. The summed E-state index contributed by atoms with van der Waals surface area (Å²) in [5.74, 6) is -1.26. The standard InChI is InChI=1S/C39H62N7O17P3S/c1-4-5-6-7-8-9-10-11-12-13-14-15-16-17-18-19-30(48)67-23-22-41-29(47)20-21-42-37(51)34(50)39(2,3)25-60-66(57,58)63-65(55,56)59-24-28-33(62-64(52,53)54)32(49)38(61-28)46-27-45-31-35(40)43-26-44-36(31)46/h8-9,11-12,14-15,18-19,26-28,32-34,38,49-50H,4-7,10,13,16-17,20-25H2,1-3H3,(H,41,47)(H,42,51)(H,55,56)(H,57,58)(H2,40,43,44)(H2,52,53,54)/p-4/b9-8-,12-11-,15-14-,19-18+/t28-,32-,33-,34+,38-/m1/s1. The van der Waals surface area contributed by atoms with Gasteiger partial charge in [0.1, 0.15) is 36.3 Å². The van der Waals surface area contributed by atoms with E-state index in [2.05, 4.69) is 86.8 Å². The Balaban J connectivity index is 1.34. The maximum absolute atomic E-state index is 12.6. The number of anilines is 1. The van der Waals surface area contributed by atoms with Gasteiger partial charge in [-0.2, -0.15) is 0 Å². The number of rotatable bonds is 31. The number of carbonyl (C=O) groups is 3. The van der Waals surface area contributed by atoms with Crippen LogP contribution in [0.1, 0.15) is 84.8 Å². The first kappa shape index (κ1) is 57.8. The van der Waals surface area contributed by atoms with Crippen molar-refractivity contribution in [1.82, 2.24) is 30.2 Å². The van der Waals surface area contributed by atoms with Crippen molar-refractivity contribution in [3.05, 3.63) is 61.3 Å². The third-order valence-electron chi connectivity index (χ3n) is 9.49. The lowest BCUT2D eigenvalue weighted by Crippen LogP contribution is -2.46. The third-order valence-corrected chi connectivity index (χ3v) is 13.3. The van der Waals surface area contributed by atoms with Gasteiger partial charge in [0.25, 0.3) is 15.6 Å². The normalized spacial score (nSPS) is 20.6. The number of hydrogen-bond acceptors (Lipinski definition) is 22. The molecule has 67 heavy (non-hydrogen) atoms. The predicted octanol–water partition coefficient (Wildman–Crippen LogP) is 1.50. The molecule has 24 nitrogen and oxygen atoms in total. The number of phosphoric acid groups is 3. The van der Waals surface area contributed by atoms with Crippen LogP contribution >= 0.6 is 35.2 Å². The Morgan fingerprint density at radius 1 is 0.940 bits per heavy atom. The molecule has 0 spiro atoms. The van der Waals surface area contributed by atoms with E-state index in [1.807, 2.05) is 0 Å². The van der Waals surface area contributed by atoms with Crippen LogP contribution in [0.25, 0.3) is 11.2 Å². The molecule has 0 radical (unpaired) electrons.